The van der Waals surface area contributed by atoms with Crippen LogP contribution in [-0.4, -0.2) is 23.2 Å². The van der Waals surface area contributed by atoms with Gasteiger partial charge in [-0.25, -0.2) is 0 Å². The van der Waals surface area contributed by atoms with Gasteiger partial charge < -0.3 is 10.1 Å². The van der Waals surface area contributed by atoms with Crippen LogP contribution in [0.25, 0.3) is 11.3 Å². The second kappa shape index (κ2) is 6.86. The fourth-order valence-electron chi connectivity index (χ4n) is 3.23. The van der Waals surface area contributed by atoms with E-state index in [1.807, 2.05) is 31.2 Å². The van der Waals surface area contributed by atoms with Gasteiger partial charge in [-0.05, 0) is 37.8 Å². The Labute approximate surface area is 136 Å². The van der Waals surface area contributed by atoms with Gasteiger partial charge in [0.15, 0.2) is 0 Å². The van der Waals surface area contributed by atoms with Crippen molar-refractivity contribution in [2.45, 2.75) is 39.0 Å². The minimum atomic E-state index is 0.0746. The van der Waals surface area contributed by atoms with Gasteiger partial charge in [0.1, 0.15) is 11.4 Å². The zero-order chi connectivity index (χ0) is 16.2. The van der Waals surface area contributed by atoms with Crippen molar-refractivity contribution in [1.82, 2.24) is 10.2 Å². The number of aromatic nitrogens is 2. The van der Waals surface area contributed by atoms with Crippen LogP contribution >= 0.6 is 0 Å². The maximum absolute atomic E-state index is 12.3. The minimum absolute atomic E-state index is 0.0746. The fraction of sp³-hybridized carbons (Fsp3) is 0.444. The van der Waals surface area contributed by atoms with E-state index >= 15 is 0 Å². The largest absolute Gasteiger partial charge is 0.497 e. The molecule has 1 aliphatic carbocycles. The molecule has 0 atom stereocenters. The van der Waals surface area contributed by atoms with Crippen LogP contribution in [0.4, 0.5) is 5.69 Å². The van der Waals surface area contributed by atoms with Gasteiger partial charge in [0, 0.05) is 12.0 Å². The average Bonchev–Trinajstić information content (AvgIpc) is 3.18. The summed E-state index contributed by atoms with van der Waals surface area (Å²) in [7, 11) is 1.64. The van der Waals surface area contributed by atoms with E-state index in [1.54, 1.807) is 7.11 Å². The summed E-state index contributed by atoms with van der Waals surface area (Å²) >= 11 is 0. The first-order valence-corrected chi connectivity index (χ1v) is 8.16. The van der Waals surface area contributed by atoms with Crippen LogP contribution in [0.2, 0.25) is 0 Å². The van der Waals surface area contributed by atoms with Crippen LogP contribution in [0.1, 0.15) is 37.8 Å². The molecule has 1 saturated carbocycles. The number of aromatic amines is 1. The third kappa shape index (κ3) is 3.55. The van der Waals surface area contributed by atoms with Crippen molar-refractivity contribution in [3.8, 4) is 17.0 Å². The van der Waals surface area contributed by atoms with E-state index in [9.17, 15) is 4.79 Å². The van der Waals surface area contributed by atoms with E-state index in [0.29, 0.717) is 12.3 Å². The first-order chi connectivity index (χ1) is 11.2. The monoisotopic (exact) mass is 313 g/mol. The molecule has 23 heavy (non-hydrogen) atoms. The number of H-pyrrole nitrogens is 1. The highest BCUT2D eigenvalue weighted by Crippen LogP contribution is 2.32. The highest BCUT2D eigenvalue weighted by atomic mass is 16.5. The Balaban J connectivity index is 1.79. The standard InChI is InChI=1S/C18H23N3O2/c1-12-17(19-16(22)10-13-6-3-4-7-13)18(21-20-12)14-8-5-9-15(11-14)23-2/h5,8-9,11,13H,3-4,6-7,10H2,1-2H3,(H,19,22)(H,20,21). The molecule has 0 aliphatic heterocycles. The number of nitrogens with zero attached hydrogens (tertiary/aromatic N) is 1. The zero-order valence-electron chi connectivity index (χ0n) is 13.7. The third-order valence-electron chi connectivity index (χ3n) is 4.50. The van der Waals surface area contributed by atoms with Crippen molar-refractivity contribution in [3.05, 3.63) is 30.0 Å². The summed E-state index contributed by atoms with van der Waals surface area (Å²) in [5.41, 5.74) is 3.30. The Morgan fingerprint density at radius 3 is 2.91 bits per heavy atom. The normalized spacial score (nSPS) is 14.9. The SMILES string of the molecule is COc1cccc(-c2n[nH]c(C)c2NC(=O)CC2CCCC2)c1. The number of rotatable bonds is 5. The Kier molecular flexibility index (Phi) is 4.65. The van der Waals surface area contributed by atoms with Crippen LogP contribution < -0.4 is 10.1 Å². The summed E-state index contributed by atoms with van der Waals surface area (Å²) < 4.78 is 5.27. The summed E-state index contributed by atoms with van der Waals surface area (Å²) in [6.45, 7) is 1.92. The van der Waals surface area contributed by atoms with Crippen molar-refractivity contribution in [2.75, 3.05) is 12.4 Å². The maximum atomic E-state index is 12.3. The first-order valence-electron chi connectivity index (χ1n) is 8.16. The van der Waals surface area contributed by atoms with E-state index in [4.69, 9.17) is 4.74 Å². The molecule has 122 valence electrons. The highest BCUT2D eigenvalue weighted by molar-refractivity contribution is 5.95. The number of amides is 1. The lowest BCUT2D eigenvalue weighted by atomic mass is 10.0. The Bertz CT molecular complexity index is 687. The minimum Gasteiger partial charge on any atom is -0.497 e. The molecule has 2 N–H and O–H groups in total. The molecule has 1 fully saturated rings. The number of ether oxygens (including phenoxy) is 1. The number of benzene rings is 1. The number of methoxy groups -OCH3 is 1. The topological polar surface area (TPSA) is 67.0 Å². The second-order valence-corrected chi connectivity index (χ2v) is 6.21. The fourth-order valence-corrected chi connectivity index (χ4v) is 3.23. The molecule has 1 aromatic heterocycles. The first kappa shape index (κ1) is 15.6. The van der Waals surface area contributed by atoms with Crippen LogP contribution in [0.5, 0.6) is 5.75 Å². The van der Waals surface area contributed by atoms with Crippen molar-refractivity contribution >= 4 is 11.6 Å². The van der Waals surface area contributed by atoms with Gasteiger partial charge in [0.05, 0.1) is 18.5 Å². The van der Waals surface area contributed by atoms with Gasteiger partial charge in [-0.3, -0.25) is 9.89 Å². The van der Waals surface area contributed by atoms with Crippen LogP contribution in [0, 0.1) is 12.8 Å². The number of hydrogen-bond donors (Lipinski definition) is 2. The molecule has 5 nitrogen and oxygen atoms in total. The number of aryl methyl sites for hydroxylation is 1. The van der Waals surface area contributed by atoms with Gasteiger partial charge in [-0.15, -0.1) is 0 Å². The van der Waals surface area contributed by atoms with Crippen molar-refractivity contribution in [2.24, 2.45) is 5.92 Å². The summed E-state index contributed by atoms with van der Waals surface area (Å²) in [5.74, 6) is 1.37. The number of carbonyl (C=O) groups is 1. The third-order valence-corrected chi connectivity index (χ3v) is 4.50. The Morgan fingerprint density at radius 2 is 2.17 bits per heavy atom. The molecular weight excluding hydrogens is 290 g/mol. The lowest BCUT2D eigenvalue weighted by molar-refractivity contribution is -0.117. The molecule has 0 bridgehead atoms. The Hall–Kier alpha value is -2.30. The van der Waals surface area contributed by atoms with Gasteiger partial charge in [-0.2, -0.15) is 5.10 Å². The van der Waals surface area contributed by atoms with Gasteiger partial charge in [0.2, 0.25) is 5.91 Å². The molecule has 5 heteroatoms. The van der Waals surface area contributed by atoms with Gasteiger partial charge in [0.25, 0.3) is 0 Å². The molecular formula is C18H23N3O2. The van der Waals surface area contributed by atoms with E-state index < -0.39 is 0 Å². The lowest BCUT2D eigenvalue weighted by Crippen LogP contribution is -2.15. The summed E-state index contributed by atoms with van der Waals surface area (Å²) in [5, 5.41) is 10.4. The second-order valence-electron chi connectivity index (χ2n) is 6.21. The predicted molar refractivity (Wildman–Crippen MR) is 90.5 cm³/mol. The molecule has 0 radical (unpaired) electrons. The molecule has 0 saturated heterocycles. The molecule has 3 rings (SSSR count). The number of anilines is 1. The molecule has 1 aliphatic rings. The van der Waals surface area contributed by atoms with Crippen molar-refractivity contribution in [3.63, 3.8) is 0 Å². The number of hydrogen-bond acceptors (Lipinski definition) is 3. The summed E-state index contributed by atoms with van der Waals surface area (Å²) in [6, 6.07) is 7.69. The van der Waals surface area contributed by atoms with Gasteiger partial charge >= 0.3 is 0 Å². The van der Waals surface area contributed by atoms with E-state index in [-0.39, 0.29) is 5.91 Å². The van der Waals surface area contributed by atoms with Crippen molar-refractivity contribution < 1.29 is 9.53 Å². The Morgan fingerprint density at radius 1 is 1.39 bits per heavy atom. The molecule has 2 aromatic rings. The number of nitrogens with one attached hydrogen (secondary N) is 2. The molecule has 0 spiro atoms. The summed E-state index contributed by atoms with van der Waals surface area (Å²) in [4.78, 5) is 12.3. The maximum Gasteiger partial charge on any atom is 0.224 e. The predicted octanol–water partition coefficient (Wildman–Crippen LogP) is 3.91. The van der Waals surface area contributed by atoms with E-state index in [2.05, 4.69) is 15.5 Å². The van der Waals surface area contributed by atoms with Crippen molar-refractivity contribution in [1.29, 1.82) is 0 Å². The molecule has 1 heterocycles. The van der Waals surface area contributed by atoms with Gasteiger partial charge in [-0.1, -0.05) is 25.0 Å². The molecule has 0 unspecified atom stereocenters. The molecule has 1 aromatic carbocycles. The zero-order valence-corrected chi connectivity index (χ0v) is 13.7. The van der Waals surface area contributed by atoms with Crippen LogP contribution in [0.3, 0.4) is 0 Å². The lowest BCUT2D eigenvalue weighted by Gasteiger charge is -2.11. The average molecular weight is 313 g/mol. The van der Waals surface area contributed by atoms with Crippen LogP contribution in [0.15, 0.2) is 24.3 Å². The highest BCUT2D eigenvalue weighted by Gasteiger charge is 2.21. The molecule has 1 amide bonds. The quantitative estimate of drug-likeness (QED) is 0.879. The van der Waals surface area contributed by atoms with E-state index in [0.717, 1.165) is 28.4 Å². The number of carbonyl (C=O) groups excluding carboxylic acids is 1. The van der Waals surface area contributed by atoms with Crippen LogP contribution in [-0.2, 0) is 4.79 Å². The smallest absolute Gasteiger partial charge is 0.224 e. The summed E-state index contributed by atoms with van der Waals surface area (Å²) in [6.07, 6.45) is 5.43. The van der Waals surface area contributed by atoms with E-state index in [1.165, 1.54) is 25.7 Å².